The van der Waals surface area contributed by atoms with E-state index < -0.39 is 23.8 Å². The fraction of sp³-hybridized carbons (Fsp3) is 0.500. The van der Waals surface area contributed by atoms with Crippen LogP contribution in [-0.2, 0) is 20.9 Å². The molecule has 1 N–H and O–H groups in total. The lowest BCUT2D eigenvalue weighted by Crippen LogP contribution is -2.60. The van der Waals surface area contributed by atoms with Crippen molar-refractivity contribution < 1.29 is 24.2 Å². The zero-order valence-electron chi connectivity index (χ0n) is 14.0. The van der Waals surface area contributed by atoms with Gasteiger partial charge in [-0.05, 0) is 24.8 Å². The van der Waals surface area contributed by atoms with E-state index in [1.807, 2.05) is 30.3 Å². The number of hydrogen-bond acceptors (Lipinski definition) is 4. The van der Waals surface area contributed by atoms with E-state index in [1.54, 1.807) is 0 Å². The predicted octanol–water partition coefficient (Wildman–Crippen LogP) is 1.86. The van der Waals surface area contributed by atoms with E-state index in [1.165, 1.54) is 4.90 Å². The standard InChI is InChI=1S/C18H22N2O5/c21-12-15-8-4-10-19(15)16(22)18(9-5-11-20(18)17(23)24)25-13-14-6-2-1-3-7-14/h1-3,6-7,12,15H,4-5,8-11,13H2,(H,23,24)/t15-,18+/m0/s1. The van der Waals surface area contributed by atoms with Crippen molar-refractivity contribution in [3.05, 3.63) is 35.9 Å². The highest BCUT2D eigenvalue weighted by Gasteiger charge is 2.54. The van der Waals surface area contributed by atoms with Crippen LogP contribution in [0.1, 0.15) is 31.2 Å². The van der Waals surface area contributed by atoms with E-state index in [0.29, 0.717) is 25.8 Å². The number of carboxylic acid groups (broad SMARTS) is 1. The molecule has 0 saturated carbocycles. The molecular weight excluding hydrogens is 324 g/mol. The third-order valence-corrected chi connectivity index (χ3v) is 4.94. The number of hydrogen-bond donors (Lipinski definition) is 1. The molecule has 7 nitrogen and oxygen atoms in total. The molecule has 0 spiro atoms. The highest BCUT2D eigenvalue weighted by molar-refractivity contribution is 5.90. The third-order valence-electron chi connectivity index (χ3n) is 4.94. The van der Waals surface area contributed by atoms with Gasteiger partial charge < -0.3 is 19.5 Å². The third kappa shape index (κ3) is 3.24. The van der Waals surface area contributed by atoms with Crippen molar-refractivity contribution >= 4 is 18.3 Å². The number of likely N-dealkylation sites (tertiary alicyclic amines) is 2. The molecule has 2 aliphatic heterocycles. The van der Waals surface area contributed by atoms with E-state index in [-0.39, 0.29) is 13.2 Å². The quantitative estimate of drug-likeness (QED) is 0.823. The van der Waals surface area contributed by atoms with Gasteiger partial charge in [-0.15, -0.1) is 0 Å². The summed E-state index contributed by atoms with van der Waals surface area (Å²) in [4.78, 5) is 38.7. The van der Waals surface area contributed by atoms with Crippen LogP contribution in [0.2, 0.25) is 0 Å². The Balaban J connectivity index is 1.87. The van der Waals surface area contributed by atoms with Crippen molar-refractivity contribution in [2.24, 2.45) is 0 Å². The summed E-state index contributed by atoms with van der Waals surface area (Å²) in [5, 5.41) is 9.57. The molecule has 2 heterocycles. The van der Waals surface area contributed by atoms with E-state index in [4.69, 9.17) is 4.74 Å². The Morgan fingerprint density at radius 3 is 2.68 bits per heavy atom. The van der Waals surface area contributed by atoms with E-state index in [9.17, 15) is 19.5 Å². The number of aldehydes is 1. The van der Waals surface area contributed by atoms with Crippen LogP contribution in [0.3, 0.4) is 0 Å². The van der Waals surface area contributed by atoms with Gasteiger partial charge in [-0.2, -0.15) is 0 Å². The molecule has 0 radical (unpaired) electrons. The zero-order chi connectivity index (χ0) is 17.9. The minimum absolute atomic E-state index is 0.135. The number of amides is 2. The lowest BCUT2D eigenvalue weighted by Gasteiger charge is -2.38. The smallest absolute Gasteiger partial charge is 0.410 e. The van der Waals surface area contributed by atoms with E-state index in [2.05, 4.69) is 0 Å². The monoisotopic (exact) mass is 346 g/mol. The number of benzene rings is 1. The Bertz CT molecular complexity index is 650. The molecule has 2 saturated heterocycles. The molecule has 0 bridgehead atoms. The van der Waals surface area contributed by atoms with Crippen molar-refractivity contribution in [1.82, 2.24) is 9.80 Å². The average molecular weight is 346 g/mol. The molecule has 134 valence electrons. The fourth-order valence-corrected chi connectivity index (χ4v) is 3.66. The SMILES string of the molecule is O=C[C@@H]1CCCN1C(=O)[C@]1(OCc2ccccc2)CCCN1C(=O)O. The van der Waals surface area contributed by atoms with Gasteiger partial charge in [0, 0.05) is 19.5 Å². The van der Waals surface area contributed by atoms with Crippen LogP contribution in [0.5, 0.6) is 0 Å². The molecule has 0 aliphatic carbocycles. The van der Waals surface area contributed by atoms with Crippen molar-refractivity contribution in [2.45, 2.75) is 44.1 Å². The van der Waals surface area contributed by atoms with Crippen molar-refractivity contribution in [3.8, 4) is 0 Å². The Kier molecular flexibility index (Phi) is 5.03. The predicted molar refractivity (Wildman–Crippen MR) is 88.7 cm³/mol. The van der Waals surface area contributed by atoms with Crippen LogP contribution in [0.4, 0.5) is 4.79 Å². The summed E-state index contributed by atoms with van der Waals surface area (Å²) in [5.74, 6) is -0.419. The van der Waals surface area contributed by atoms with Crippen molar-refractivity contribution in [2.75, 3.05) is 13.1 Å². The Morgan fingerprint density at radius 2 is 2.00 bits per heavy atom. The first-order valence-corrected chi connectivity index (χ1v) is 8.53. The second-order valence-corrected chi connectivity index (χ2v) is 6.44. The maximum absolute atomic E-state index is 13.2. The second kappa shape index (κ2) is 7.23. The summed E-state index contributed by atoms with van der Waals surface area (Å²) in [6, 6.07) is 8.83. The van der Waals surface area contributed by atoms with Gasteiger partial charge in [0.1, 0.15) is 6.29 Å². The average Bonchev–Trinajstić information content (AvgIpc) is 3.27. The van der Waals surface area contributed by atoms with Crippen LogP contribution in [0.15, 0.2) is 30.3 Å². The molecule has 3 rings (SSSR count). The Labute approximate surface area is 146 Å². The molecule has 2 atom stereocenters. The highest BCUT2D eigenvalue weighted by atomic mass is 16.5. The minimum Gasteiger partial charge on any atom is -0.465 e. The van der Waals surface area contributed by atoms with Gasteiger partial charge in [-0.25, -0.2) is 4.79 Å². The Hall–Kier alpha value is -2.41. The van der Waals surface area contributed by atoms with Gasteiger partial charge in [-0.1, -0.05) is 30.3 Å². The van der Waals surface area contributed by atoms with Crippen molar-refractivity contribution in [3.63, 3.8) is 0 Å². The summed E-state index contributed by atoms with van der Waals surface area (Å²) >= 11 is 0. The van der Waals surface area contributed by atoms with Gasteiger partial charge in [-0.3, -0.25) is 9.69 Å². The summed E-state index contributed by atoms with van der Waals surface area (Å²) in [6.07, 6.45) is 1.77. The number of carbonyl (C=O) groups is 3. The molecule has 2 fully saturated rings. The first-order valence-electron chi connectivity index (χ1n) is 8.53. The molecule has 25 heavy (non-hydrogen) atoms. The van der Waals surface area contributed by atoms with Gasteiger partial charge in [0.15, 0.2) is 0 Å². The molecule has 1 aromatic rings. The summed E-state index contributed by atoms with van der Waals surface area (Å²) in [7, 11) is 0. The van der Waals surface area contributed by atoms with E-state index >= 15 is 0 Å². The second-order valence-electron chi connectivity index (χ2n) is 6.44. The van der Waals surface area contributed by atoms with Crippen LogP contribution in [0, 0.1) is 0 Å². The largest absolute Gasteiger partial charge is 0.465 e. The van der Waals surface area contributed by atoms with Crippen LogP contribution < -0.4 is 0 Å². The lowest BCUT2D eigenvalue weighted by atomic mass is 10.1. The number of carbonyl (C=O) groups excluding carboxylic acids is 2. The molecule has 0 aromatic heterocycles. The molecular formula is C18H22N2O5. The van der Waals surface area contributed by atoms with Crippen LogP contribution in [-0.4, -0.2) is 58.0 Å². The lowest BCUT2D eigenvalue weighted by molar-refractivity contribution is -0.182. The molecule has 7 heteroatoms. The van der Waals surface area contributed by atoms with Crippen LogP contribution >= 0.6 is 0 Å². The number of ether oxygens (including phenoxy) is 1. The fourth-order valence-electron chi connectivity index (χ4n) is 3.66. The topological polar surface area (TPSA) is 87.2 Å². The van der Waals surface area contributed by atoms with Crippen molar-refractivity contribution in [1.29, 1.82) is 0 Å². The maximum atomic E-state index is 13.2. The number of rotatable bonds is 5. The summed E-state index contributed by atoms with van der Waals surface area (Å²) in [5.41, 5.74) is -0.687. The minimum atomic E-state index is -1.55. The van der Waals surface area contributed by atoms with Crippen LogP contribution in [0.25, 0.3) is 0 Å². The van der Waals surface area contributed by atoms with E-state index in [0.717, 1.165) is 23.2 Å². The Morgan fingerprint density at radius 1 is 1.24 bits per heavy atom. The van der Waals surface area contributed by atoms with Gasteiger partial charge in [0.25, 0.3) is 5.91 Å². The normalized spacial score (nSPS) is 26.0. The molecule has 1 aromatic carbocycles. The summed E-state index contributed by atoms with van der Waals surface area (Å²) < 4.78 is 5.96. The summed E-state index contributed by atoms with van der Waals surface area (Å²) in [6.45, 7) is 0.831. The molecule has 0 unspecified atom stereocenters. The highest BCUT2D eigenvalue weighted by Crippen LogP contribution is 2.35. The van der Waals surface area contributed by atoms with Gasteiger partial charge in [0.2, 0.25) is 5.72 Å². The van der Waals surface area contributed by atoms with Gasteiger partial charge >= 0.3 is 6.09 Å². The first-order chi connectivity index (χ1) is 12.1. The number of nitrogens with zero attached hydrogens (tertiary/aromatic N) is 2. The zero-order valence-corrected chi connectivity index (χ0v) is 14.0. The first kappa shape index (κ1) is 17.4. The maximum Gasteiger partial charge on any atom is 0.410 e. The van der Waals surface area contributed by atoms with Gasteiger partial charge in [0.05, 0.1) is 12.6 Å². The molecule has 2 aliphatic rings. The molecule has 2 amide bonds.